The van der Waals surface area contributed by atoms with E-state index >= 15 is 0 Å². The quantitative estimate of drug-likeness (QED) is 0.0327. The van der Waals surface area contributed by atoms with Crippen molar-refractivity contribution in [2.75, 3.05) is 33.5 Å². The molecule has 2 aromatic carbocycles. The molecule has 1 aliphatic rings. The van der Waals surface area contributed by atoms with E-state index in [9.17, 15) is 53.0 Å². The normalized spacial score (nSPS) is 18.9. The van der Waals surface area contributed by atoms with Crippen molar-refractivity contribution < 1.29 is 71.7 Å². The first-order chi connectivity index (χ1) is 26.2. The summed E-state index contributed by atoms with van der Waals surface area (Å²) in [6, 6.07) is 8.30. The van der Waals surface area contributed by atoms with Gasteiger partial charge in [0, 0.05) is 18.8 Å². The number of esters is 2. The summed E-state index contributed by atoms with van der Waals surface area (Å²) in [6.07, 6.45) is 1.50. The largest absolute Gasteiger partial charge is 0.493 e. The second kappa shape index (κ2) is 22.2. The maximum absolute atomic E-state index is 12.9. The summed E-state index contributed by atoms with van der Waals surface area (Å²) in [5, 5.41) is 43.0. The molecular formula is C37H45F3N2O13. The van der Waals surface area contributed by atoms with Crippen molar-refractivity contribution in [3.05, 3.63) is 88.0 Å². The number of methoxy groups -OCH3 is 1. The molecule has 0 bridgehead atoms. The minimum absolute atomic E-state index is 0.00930. The van der Waals surface area contributed by atoms with E-state index < -0.39 is 65.4 Å². The molecule has 55 heavy (non-hydrogen) atoms. The zero-order valence-electron chi connectivity index (χ0n) is 30.0. The number of alkyl halides is 3. The number of carbonyl (C=O) groups is 3. The minimum atomic E-state index is -4.53. The second-order valence-electron chi connectivity index (χ2n) is 12.5. The third-order valence-electron chi connectivity index (χ3n) is 8.42. The van der Waals surface area contributed by atoms with Gasteiger partial charge >= 0.3 is 18.1 Å². The van der Waals surface area contributed by atoms with E-state index in [0.717, 1.165) is 12.1 Å². The Kier molecular flexibility index (Phi) is 17.9. The van der Waals surface area contributed by atoms with Crippen molar-refractivity contribution in [2.45, 2.75) is 69.4 Å². The van der Waals surface area contributed by atoms with Crippen LogP contribution in [0, 0.1) is 22.0 Å². The SMILES string of the molecule is COc1cc(C(=O)OCCCCO[N+](=O)[O-])ccc1OC(=O)CNC(=O)CCC/C=C\C[C@@H]1[C@@H](/C=C/[C@@H](O)COc2cccc(C(F)(F)F)c2)[C@H](O)C[C@@H]1O. The van der Waals surface area contributed by atoms with Crippen LogP contribution in [0.3, 0.4) is 0 Å². The molecule has 1 fully saturated rings. The molecule has 0 aliphatic heterocycles. The van der Waals surface area contributed by atoms with Crippen LogP contribution in [0.2, 0.25) is 0 Å². The third kappa shape index (κ3) is 15.6. The number of amides is 1. The van der Waals surface area contributed by atoms with Gasteiger partial charge in [-0.3, -0.25) is 4.79 Å². The average Bonchev–Trinajstić information content (AvgIpc) is 3.41. The van der Waals surface area contributed by atoms with Crippen LogP contribution < -0.4 is 19.5 Å². The monoisotopic (exact) mass is 782 g/mol. The number of aliphatic hydroxyl groups excluding tert-OH is 3. The average molecular weight is 783 g/mol. The van der Waals surface area contributed by atoms with Crippen LogP contribution >= 0.6 is 0 Å². The zero-order valence-corrected chi connectivity index (χ0v) is 30.0. The molecule has 0 heterocycles. The lowest BCUT2D eigenvalue weighted by Crippen LogP contribution is -2.31. The molecule has 0 radical (unpaired) electrons. The van der Waals surface area contributed by atoms with Crippen molar-refractivity contribution >= 4 is 17.8 Å². The Morgan fingerprint density at radius 3 is 2.53 bits per heavy atom. The molecular weight excluding hydrogens is 737 g/mol. The molecule has 1 aliphatic carbocycles. The number of nitrogens with zero attached hydrogens (tertiary/aromatic N) is 1. The van der Waals surface area contributed by atoms with Crippen molar-refractivity contribution in [2.24, 2.45) is 11.8 Å². The van der Waals surface area contributed by atoms with Crippen molar-refractivity contribution in [3.63, 3.8) is 0 Å². The highest BCUT2D eigenvalue weighted by Gasteiger charge is 2.39. The van der Waals surface area contributed by atoms with Gasteiger partial charge in [-0.05, 0) is 74.4 Å². The van der Waals surface area contributed by atoms with Crippen LogP contribution in [0.15, 0.2) is 66.8 Å². The standard InChI is InChI=1S/C37H45F3N2O13/c1-51-33-19-24(36(48)52-17-6-7-18-54-42(49)50)13-16-32(33)55-35(47)22-41-34(46)12-5-3-2-4-11-28-29(31(45)21-30(28)44)15-14-26(43)23-53-27-10-8-9-25(20-27)37(38,39)40/h2,4,8-10,13-16,19-20,26,28-31,43-45H,3,5-7,11-12,17-18,21-23H2,1H3,(H,41,46)/b4-2-,15-14+/t26-,28-,29-,30+,31-/m1/s1. The van der Waals surface area contributed by atoms with Gasteiger partial charge in [0.1, 0.15) is 25.0 Å². The van der Waals surface area contributed by atoms with Gasteiger partial charge in [0.2, 0.25) is 5.91 Å². The van der Waals surface area contributed by atoms with Gasteiger partial charge in [-0.1, -0.05) is 30.4 Å². The van der Waals surface area contributed by atoms with Gasteiger partial charge in [0.15, 0.2) is 11.5 Å². The number of ether oxygens (including phenoxy) is 4. The number of hydrogen-bond donors (Lipinski definition) is 4. The van der Waals surface area contributed by atoms with E-state index in [1.807, 2.05) is 12.2 Å². The molecule has 0 aromatic heterocycles. The van der Waals surface area contributed by atoms with Crippen molar-refractivity contribution in [1.82, 2.24) is 5.32 Å². The smallest absolute Gasteiger partial charge is 0.416 e. The first-order valence-corrected chi connectivity index (χ1v) is 17.4. The Bertz CT molecular complexity index is 1640. The van der Waals surface area contributed by atoms with Gasteiger partial charge in [0.05, 0.1) is 43.7 Å². The fourth-order valence-corrected chi connectivity index (χ4v) is 5.60. The fraction of sp³-hybridized carbons (Fsp3) is 0.486. The lowest BCUT2D eigenvalue weighted by Gasteiger charge is -2.19. The number of hydrogen-bond acceptors (Lipinski definition) is 13. The summed E-state index contributed by atoms with van der Waals surface area (Å²) in [7, 11) is 1.31. The molecule has 5 atom stereocenters. The predicted molar refractivity (Wildman–Crippen MR) is 187 cm³/mol. The molecule has 0 unspecified atom stereocenters. The minimum Gasteiger partial charge on any atom is -0.493 e. The Labute approximate surface area is 314 Å². The third-order valence-corrected chi connectivity index (χ3v) is 8.42. The number of halogens is 3. The van der Waals surface area contributed by atoms with E-state index in [4.69, 9.17) is 18.9 Å². The number of nitrogens with one attached hydrogen (secondary N) is 1. The summed E-state index contributed by atoms with van der Waals surface area (Å²) >= 11 is 0. The van der Waals surface area contributed by atoms with Gasteiger partial charge in [-0.2, -0.15) is 13.2 Å². The number of aliphatic hydroxyl groups is 3. The summed E-state index contributed by atoms with van der Waals surface area (Å²) in [5.74, 6) is -2.68. The van der Waals surface area contributed by atoms with Crippen LogP contribution in [-0.2, 0) is 25.3 Å². The highest BCUT2D eigenvalue weighted by atomic mass is 19.4. The zero-order chi connectivity index (χ0) is 40.4. The summed E-state index contributed by atoms with van der Waals surface area (Å²) in [6.45, 7) is -0.850. The number of allylic oxidation sites excluding steroid dienone is 2. The summed E-state index contributed by atoms with van der Waals surface area (Å²) in [4.78, 5) is 51.3. The van der Waals surface area contributed by atoms with Crippen LogP contribution in [0.1, 0.15) is 60.9 Å². The van der Waals surface area contributed by atoms with Gasteiger partial charge in [0.25, 0.3) is 5.09 Å². The van der Waals surface area contributed by atoms with Crippen molar-refractivity contribution in [3.8, 4) is 17.2 Å². The van der Waals surface area contributed by atoms with Gasteiger partial charge < -0.3 is 44.4 Å². The molecule has 15 nitrogen and oxygen atoms in total. The van der Waals surface area contributed by atoms with Crippen LogP contribution in [-0.4, -0.2) is 90.0 Å². The molecule has 3 rings (SSSR count). The Morgan fingerprint density at radius 1 is 1.04 bits per heavy atom. The summed E-state index contributed by atoms with van der Waals surface area (Å²) < 4.78 is 59.7. The maximum Gasteiger partial charge on any atom is 0.416 e. The van der Waals surface area contributed by atoms with Crippen molar-refractivity contribution in [1.29, 1.82) is 0 Å². The predicted octanol–water partition coefficient (Wildman–Crippen LogP) is 4.35. The van der Waals surface area contributed by atoms with Crippen LogP contribution in [0.25, 0.3) is 0 Å². The molecule has 2 aromatic rings. The fourth-order valence-electron chi connectivity index (χ4n) is 5.60. The Morgan fingerprint density at radius 2 is 1.80 bits per heavy atom. The highest BCUT2D eigenvalue weighted by Crippen LogP contribution is 2.36. The first kappa shape index (κ1) is 44.2. The lowest BCUT2D eigenvalue weighted by atomic mass is 9.89. The first-order valence-electron chi connectivity index (χ1n) is 17.4. The lowest BCUT2D eigenvalue weighted by molar-refractivity contribution is -0.757. The second-order valence-corrected chi connectivity index (χ2v) is 12.5. The molecule has 0 spiro atoms. The highest BCUT2D eigenvalue weighted by molar-refractivity contribution is 5.90. The van der Waals surface area contributed by atoms with E-state index in [2.05, 4.69) is 10.2 Å². The van der Waals surface area contributed by atoms with E-state index in [1.54, 1.807) is 6.08 Å². The topological polar surface area (TPSA) is 213 Å². The number of rotatable bonds is 22. The number of unbranched alkanes of at least 4 members (excludes halogenated alkanes) is 2. The van der Waals surface area contributed by atoms with E-state index in [0.29, 0.717) is 32.1 Å². The summed E-state index contributed by atoms with van der Waals surface area (Å²) in [5.41, 5.74) is -0.758. The molecule has 0 saturated heterocycles. The van der Waals surface area contributed by atoms with Crippen LogP contribution in [0.4, 0.5) is 13.2 Å². The van der Waals surface area contributed by atoms with E-state index in [-0.39, 0.29) is 61.4 Å². The van der Waals surface area contributed by atoms with Crippen LogP contribution in [0.5, 0.6) is 17.2 Å². The number of carbonyl (C=O) groups excluding carboxylic acids is 3. The molecule has 4 N–H and O–H groups in total. The molecule has 18 heteroatoms. The Balaban J connectivity index is 1.35. The van der Waals surface area contributed by atoms with Gasteiger partial charge in [-0.25, -0.2) is 9.59 Å². The van der Waals surface area contributed by atoms with E-state index in [1.165, 1.54) is 43.5 Å². The van der Waals surface area contributed by atoms with Gasteiger partial charge in [-0.15, -0.1) is 10.1 Å². The Hall–Kier alpha value is -5.20. The number of benzene rings is 2. The molecule has 302 valence electrons. The molecule has 1 saturated carbocycles. The maximum atomic E-state index is 12.9. The molecule has 1 amide bonds.